The Morgan fingerprint density at radius 3 is 2.83 bits per heavy atom. The molecule has 18 heavy (non-hydrogen) atoms. The van der Waals surface area contributed by atoms with E-state index in [2.05, 4.69) is 4.98 Å². The molecular weight excluding hydrogens is 232 g/mol. The smallest absolute Gasteiger partial charge is 0.326 e. The van der Waals surface area contributed by atoms with Crippen molar-refractivity contribution in [2.75, 3.05) is 6.61 Å². The number of para-hydroxylation sites is 1. The van der Waals surface area contributed by atoms with Gasteiger partial charge in [-0.1, -0.05) is 18.2 Å². The highest BCUT2D eigenvalue weighted by Crippen LogP contribution is 2.20. The highest BCUT2D eigenvalue weighted by Gasteiger charge is 2.09. The number of hydrogen-bond acceptors (Lipinski definition) is 4. The second-order valence-electron chi connectivity index (χ2n) is 3.58. The van der Waals surface area contributed by atoms with Gasteiger partial charge in [0.25, 0.3) is 0 Å². The fourth-order valence-corrected chi connectivity index (χ4v) is 1.47. The largest absolute Gasteiger partial charge is 0.465 e. The number of ether oxygens (including phenoxy) is 2. The molecule has 0 atom stereocenters. The van der Waals surface area contributed by atoms with E-state index < -0.39 is 0 Å². The van der Waals surface area contributed by atoms with Crippen molar-refractivity contribution in [3.63, 3.8) is 0 Å². The minimum atomic E-state index is -0.312. The van der Waals surface area contributed by atoms with E-state index in [1.54, 1.807) is 17.7 Å². The molecule has 0 aliphatic rings. The van der Waals surface area contributed by atoms with Crippen LogP contribution in [0.3, 0.4) is 0 Å². The predicted octanol–water partition coefficient (Wildman–Crippen LogP) is 2.24. The average Bonchev–Trinajstić information content (AvgIpc) is 2.78. The first-order chi connectivity index (χ1) is 8.79. The third-order valence-corrected chi connectivity index (χ3v) is 2.24. The average molecular weight is 246 g/mol. The summed E-state index contributed by atoms with van der Waals surface area (Å²) >= 11 is 0. The molecule has 94 valence electrons. The zero-order valence-electron chi connectivity index (χ0n) is 10.1. The molecule has 2 aromatic rings. The number of nitrogens with zero attached hydrogens (tertiary/aromatic N) is 2. The Hall–Kier alpha value is -2.30. The number of rotatable bonds is 5. The van der Waals surface area contributed by atoms with Crippen LogP contribution in [-0.2, 0) is 16.1 Å². The van der Waals surface area contributed by atoms with Crippen LogP contribution in [0.5, 0.6) is 11.6 Å². The number of carbonyl (C=O) groups is 1. The molecule has 5 heteroatoms. The molecular formula is C13H14N2O3. The molecule has 1 aromatic carbocycles. The summed E-state index contributed by atoms with van der Waals surface area (Å²) in [6, 6.07) is 9.33. The van der Waals surface area contributed by atoms with E-state index in [1.165, 1.54) is 6.33 Å². The Bertz CT molecular complexity index is 508. The lowest BCUT2D eigenvalue weighted by Crippen LogP contribution is -2.13. The summed E-state index contributed by atoms with van der Waals surface area (Å²) in [5, 5.41) is 0. The van der Waals surface area contributed by atoms with Crippen molar-refractivity contribution >= 4 is 5.97 Å². The highest BCUT2D eigenvalue weighted by atomic mass is 16.5. The molecule has 0 spiro atoms. The van der Waals surface area contributed by atoms with Crippen LogP contribution in [0, 0.1) is 0 Å². The predicted molar refractivity (Wildman–Crippen MR) is 65.4 cm³/mol. The van der Waals surface area contributed by atoms with Crippen molar-refractivity contribution in [2.45, 2.75) is 13.5 Å². The van der Waals surface area contributed by atoms with Gasteiger partial charge in [-0.25, -0.2) is 4.98 Å². The van der Waals surface area contributed by atoms with Gasteiger partial charge < -0.3 is 9.47 Å². The monoisotopic (exact) mass is 246 g/mol. The van der Waals surface area contributed by atoms with Gasteiger partial charge >= 0.3 is 5.97 Å². The Kier molecular flexibility index (Phi) is 3.96. The standard InChI is InChI=1S/C13H14N2O3/c1-2-17-13(16)9-15-10-14-8-12(15)18-11-6-4-3-5-7-11/h3-8,10H,2,9H2,1H3. The fraction of sp³-hybridized carbons (Fsp3) is 0.231. The van der Waals surface area contributed by atoms with Gasteiger partial charge in [0.15, 0.2) is 0 Å². The molecule has 1 aromatic heterocycles. The number of imidazole rings is 1. The molecule has 5 nitrogen and oxygen atoms in total. The molecule has 0 aliphatic heterocycles. The molecule has 1 heterocycles. The van der Waals surface area contributed by atoms with Crippen molar-refractivity contribution in [3.8, 4) is 11.6 Å². The number of esters is 1. The molecule has 0 aliphatic carbocycles. The van der Waals surface area contributed by atoms with E-state index in [4.69, 9.17) is 9.47 Å². The zero-order chi connectivity index (χ0) is 12.8. The fourth-order valence-electron chi connectivity index (χ4n) is 1.47. The van der Waals surface area contributed by atoms with E-state index in [9.17, 15) is 4.79 Å². The molecule has 0 amide bonds. The summed E-state index contributed by atoms with van der Waals surface area (Å²) in [6.45, 7) is 2.23. The molecule has 0 N–H and O–H groups in total. The summed E-state index contributed by atoms with van der Waals surface area (Å²) in [5.41, 5.74) is 0. The molecule has 0 bridgehead atoms. The summed E-state index contributed by atoms with van der Waals surface area (Å²) in [4.78, 5) is 15.4. The van der Waals surface area contributed by atoms with Crippen LogP contribution in [0.4, 0.5) is 0 Å². The molecule has 0 saturated heterocycles. The zero-order valence-corrected chi connectivity index (χ0v) is 10.1. The van der Waals surface area contributed by atoms with Crippen molar-refractivity contribution < 1.29 is 14.3 Å². The molecule has 0 saturated carbocycles. The second kappa shape index (κ2) is 5.86. The van der Waals surface area contributed by atoms with Crippen molar-refractivity contribution in [2.24, 2.45) is 0 Å². The summed E-state index contributed by atoms with van der Waals surface area (Å²) in [6.07, 6.45) is 3.10. The maximum absolute atomic E-state index is 11.4. The van der Waals surface area contributed by atoms with Crippen molar-refractivity contribution in [3.05, 3.63) is 42.9 Å². The van der Waals surface area contributed by atoms with Crippen LogP contribution in [0.2, 0.25) is 0 Å². The van der Waals surface area contributed by atoms with Gasteiger partial charge in [-0.15, -0.1) is 0 Å². The highest BCUT2D eigenvalue weighted by molar-refractivity contribution is 5.69. The van der Waals surface area contributed by atoms with E-state index in [0.29, 0.717) is 18.2 Å². The number of carbonyl (C=O) groups excluding carboxylic acids is 1. The van der Waals surface area contributed by atoms with Gasteiger partial charge in [0.05, 0.1) is 19.1 Å². The third kappa shape index (κ3) is 3.10. The van der Waals surface area contributed by atoms with Crippen LogP contribution in [0.1, 0.15) is 6.92 Å². The summed E-state index contributed by atoms with van der Waals surface area (Å²) in [5.74, 6) is 0.894. The van der Waals surface area contributed by atoms with Gasteiger partial charge in [-0.2, -0.15) is 0 Å². The lowest BCUT2D eigenvalue weighted by molar-refractivity contribution is -0.143. The quantitative estimate of drug-likeness (QED) is 0.759. The number of aromatic nitrogens is 2. The first-order valence-corrected chi connectivity index (χ1v) is 5.68. The maximum Gasteiger partial charge on any atom is 0.326 e. The topological polar surface area (TPSA) is 53.4 Å². The number of benzene rings is 1. The SMILES string of the molecule is CCOC(=O)Cn1cncc1Oc1ccccc1. The van der Waals surface area contributed by atoms with E-state index in [0.717, 1.165) is 0 Å². The van der Waals surface area contributed by atoms with Crippen LogP contribution in [-0.4, -0.2) is 22.1 Å². The summed E-state index contributed by atoms with van der Waals surface area (Å²) in [7, 11) is 0. The normalized spacial score (nSPS) is 10.1. The van der Waals surface area contributed by atoms with Crippen LogP contribution in [0.15, 0.2) is 42.9 Å². The Labute approximate surface area is 105 Å². The van der Waals surface area contributed by atoms with Gasteiger partial charge in [0.2, 0.25) is 5.88 Å². The Balaban J connectivity index is 2.06. The van der Waals surface area contributed by atoms with Gasteiger partial charge in [-0.05, 0) is 19.1 Å². The minimum Gasteiger partial charge on any atom is -0.465 e. The second-order valence-corrected chi connectivity index (χ2v) is 3.58. The van der Waals surface area contributed by atoms with Crippen LogP contribution >= 0.6 is 0 Å². The maximum atomic E-state index is 11.4. The van der Waals surface area contributed by atoms with Crippen molar-refractivity contribution in [1.29, 1.82) is 0 Å². The molecule has 0 fully saturated rings. The van der Waals surface area contributed by atoms with Gasteiger partial charge in [-0.3, -0.25) is 9.36 Å². The third-order valence-electron chi connectivity index (χ3n) is 2.24. The number of hydrogen-bond donors (Lipinski definition) is 0. The molecule has 0 radical (unpaired) electrons. The van der Waals surface area contributed by atoms with Crippen molar-refractivity contribution in [1.82, 2.24) is 9.55 Å². The molecule has 0 unspecified atom stereocenters. The first kappa shape index (κ1) is 12.2. The molecule has 2 rings (SSSR count). The van der Waals surface area contributed by atoms with Gasteiger partial charge in [0, 0.05) is 0 Å². The van der Waals surface area contributed by atoms with Crippen LogP contribution < -0.4 is 4.74 Å². The van der Waals surface area contributed by atoms with Crippen LogP contribution in [0.25, 0.3) is 0 Å². The van der Waals surface area contributed by atoms with E-state index in [1.807, 2.05) is 30.3 Å². The lowest BCUT2D eigenvalue weighted by atomic mass is 10.3. The van der Waals surface area contributed by atoms with Gasteiger partial charge in [0.1, 0.15) is 12.3 Å². The first-order valence-electron chi connectivity index (χ1n) is 5.68. The Morgan fingerprint density at radius 2 is 2.11 bits per heavy atom. The Morgan fingerprint density at radius 1 is 1.33 bits per heavy atom. The lowest BCUT2D eigenvalue weighted by Gasteiger charge is -2.08. The van der Waals surface area contributed by atoms with E-state index >= 15 is 0 Å². The minimum absolute atomic E-state index is 0.0933. The van der Waals surface area contributed by atoms with E-state index in [-0.39, 0.29) is 12.5 Å². The summed E-state index contributed by atoms with van der Waals surface area (Å²) < 4.78 is 12.1.